The minimum atomic E-state index is -0.117. The fourth-order valence-electron chi connectivity index (χ4n) is 2.33. The fourth-order valence-corrected chi connectivity index (χ4v) is 3.10. The molecule has 1 aromatic carbocycles. The van der Waals surface area contributed by atoms with Crippen molar-refractivity contribution in [3.8, 4) is 0 Å². The summed E-state index contributed by atoms with van der Waals surface area (Å²) in [5.41, 5.74) is 2.90. The molecule has 1 aliphatic rings. The van der Waals surface area contributed by atoms with Gasteiger partial charge in [0.1, 0.15) is 0 Å². The van der Waals surface area contributed by atoms with Crippen LogP contribution in [0.2, 0.25) is 0 Å². The number of carbonyl (C=O) groups is 1. The summed E-state index contributed by atoms with van der Waals surface area (Å²) in [6.45, 7) is 1.96. The third-order valence-corrected chi connectivity index (χ3v) is 4.51. The number of hydrogen-bond acceptors (Lipinski definition) is 3. The summed E-state index contributed by atoms with van der Waals surface area (Å²) in [4.78, 5) is 12.9. The lowest BCUT2D eigenvalue weighted by Gasteiger charge is -2.13. The average molecular weight is 279 g/mol. The van der Waals surface area contributed by atoms with E-state index in [2.05, 4.69) is 23.5 Å². The first-order chi connectivity index (χ1) is 9.22. The molecule has 0 saturated heterocycles. The predicted octanol–water partition coefficient (Wildman–Crippen LogP) is 2.15. The van der Waals surface area contributed by atoms with Crippen LogP contribution in [0.1, 0.15) is 30.9 Å². The Balaban J connectivity index is 1.83. The number of nitrogens with one attached hydrogen (secondary N) is 1. The quantitative estimate of drug-likeness (QED) is 0.785. The highest BCUT2D eigenvalue weighted by Gasteiger charge is 2.12. The van der Waals surface area contributed by atoms with Gasteiger partial charge in [-0.25, -0.2) is 0 Å². The third-order valence-electron chi connectivity index (χ3n) is 3.52. The number of amides is 1. The molecule has 1 aliphatic carbocycles. The molecule has 0 bridgehead atoms. The summed E-state index contributed by atoms with van der Waals surface area (Å²) in [6.07, 6.45) is 4.36. The zero-order chi connectivity index (χ0) is 13.7. The van der Waals surface area contributed by atoms with E-state index in [0.29, 0.717) is 5.75 Å². The summed E-state index contributed by atoms with van der Waals surface area (Å²) in [6, 6.07) is 6.38. The first-order valence-corrected chi connectivity index (χ1v) is 7.86. The molecular formula is C15H21NO2S. The number of benzene rings is 1. The molecule has 0 aliphatic heterocycles. The van der Waals surface area contributed by atoms with Gasteiger partial charge in [-0.2, -0.15) is 0 Å². The second-order valence-electron chi connectivity index (χ2n) is 4.93. The van der Waals surface area contributed by atoms with Crippen LogP contribution in [-0.4, -0.2) is 29.4 Å². The van der Waals surface area contributed by atoms with Crippen LogP contribution < -0.4 is 5.32 Å². The lowest BCUT2D eigenvalue weighted by molar-refractivity contribution is -0.119. The number of rotatable bonds is 6. The van der Waals surface area contributed by atoms with E-state index in [1.807, 2.05) is 6.92 Å². The fraction of sp³-hybridized carbons (Fsp3) is 0.533. The zero-order valence-corrected chi connectivity index (χ0v) is 12.1. The molecule has 0 fully saturated rings. The normalized spacial score (nSPS) is 15.1. The van der Waals surface area contributed by atoms with Crippen molar-refractivity contribution in [2.24, 2.45) is 0 Å². The van der Waals surface area contributed by atoms with Crippen LogP contribution >= 0.6 is 11.8 Å². The summed E-state index contributed by atoms with van der Waals surface area (Å²) in [7, 11) is 0. The average Bonchev–Trinajstić information content (AvgIpc) is 2.89. The van der Waals surface area contributed by atoms with E-state index < -0.39 is 0 Å². The second-order valence-corrected chi connectivity index (χ2v) is 5.98. The van der Waals surface area contributed by atoms with Gasteiger partial charge in [-0.15, -0.1) is 11.8 Å². The van der Waals surface area contributed by atoms with Crippen LogP contribution in [0.15, 0.2) is 23.1 Å². The lowest BCUT2D eigenvalue weighted by Crippen LogP contribution is -2.37. The highest BCUT2D eigenvalue weighted by molar-refractivity contribution is 8.00. The Morgan fingerprint density at radius 2 is 2.21 bits per heavy atom. The molecule has 0 spiro atoms. The van der Waals surface area contributed by atoms with E-state index in [1.165, 1.54) is 30.4 Å². The Hall–Kier alpha value is -1.00. The molecule has 0 radical (unpaired) electrons. The molecule has 0 heterocycles. The van der Waals surface area contributed by atoms with E-state index in [4.69, 9.17) is 5.11 Å². The molecule has 4 heteroatoms. The molecule has 0 saturated carbocycles. The van der Waals surface area contributed by atoms with Crippen LogP contribution in [0.3, 0.4) is 0 Å². The molecule has 104 valence electrons. The van der Waals surface area contributed by atoms with Crippen molar-refractivity contribution in [1.29, 1.82) is 0 Å². The Kier molecular flexibility index (Phi) is 5.28. The van der Waals surface area contributed by atoms with E-state index in [-0.39, 0.29) is 18.6 Å². The van der Waals surface area contributed by atoms with Crippen molar-refractivity contribution in [1.82, 2.24) is 5.32 Å². The molecule has 2 N–H and O–H groups in total. The second kappa shape index (κ2) is 6.96. The van der Waals surface area contributed by atoms with Crippen LogP contribution in [-0.2, 0) is 17.6 Å². The molecule has 0 unspecified atom stereocenters. The van der Waals surface area contributed by atoms with Crippen molar-refractivity contribution in [2.45, 2.75) is 43.5 Å². The Bertz CT molecular complexity index is 444. The van der Waals surface area contributed by atoms with Gasteiger partial charge in [0.05, 0.1) is 18.4 Å². The van der Waals surface area contributed by atoms with Crippen molar-refractivity contribution >= 4 is 17.7 Å². The number of thioether (sulfide) groups is 1. The zero-order valence-electron chi connectivity index (χ0n) is 11.3. The van der Waals surface area contributed by atoms with Gasteiger partial charge >= 0.3 is 0 Å². The lowest BCUT2D eigenvalue weighted by atomic mass is 10.1. The minimum Gasteiger partial charge on any atom is -0.394 e. The monoisotopic (exact) mass is 279 g/mol. The first kappa shape index (κ1) is 14.4. The molecule has 3 nitrogen and oxygen atoms in total. The maximum absolute atomic E-state index is 11.7. The highest BCUT2D eigenvalue weighted by atomic mass is 32.2. The van der Waals surface area contributed by atoms with Crippen molar-refractivity contribution in [2.75, 3.05) is 12.4 Å². The van der Waals surface area contributed by atoms with Crippen LogP contribution in [0.4, 0.5) is 0 Å². The van der Waals surface area contributed by atoms with Gasteiger partial charge in [0.25, 0.3) is 0 Å². The van der Waals surface area contributed by atoms with Crippen molar-refractivity contribution in [3.63, 3.8) is 0 Å². The van der Waals surface area contributed by atoms with Gasteiger partial charge in [0, 0.05) is 4.90 Å². The molecule has 1 atom stereocenters. The van der Waals surface area contributed by atoms with Gasteiger partial charge in [-0.05, 0) is 48.9 Å². The van der Waals surface area contributed by atoms with E-state index in [0.717, 1.165) is 11.3 Å². The van der Waals surface area contributed by atoms with Gasteiger partial charge in [-0.1, -0.05) is 13.0 Å². The number of aliphatic hydroxyl groups excluding tert-OH is 1. The van der Waals surface area contributed by atoms with Crippen LogP contribution in [0.5, 0.6) is 0 Å². The summed E-state index contributed by atoms with van der Waals surface area (Å²) >= 11 is 1.56. The number of carbonyl (C=O) groups excluding carboxylic acids is 1. The first-order valence-electron chi connectivity index (χ1n) is 6.87. The van der Waals surface area contributed by atoms with Gasteiger partial charge in [0.2, 0.25) is 5.91 Å². The summed E-state index contributed by atoms with van der Waals surface area (Å²) in [5.74, 6) is 0.404. The largest absolute Gasteiger partial charge is 0.394 e. The van der Waals surface area contributed by atoms with Crippen molar-refractivity contribution in [3.05, 3.63) is 29.3 Å². The van der Waals surface area contributed by atoms with Crippen molar-refractivity contribution < 1.29 is 9.90 Å². The summed E-state index contributed by atoms with van der Waals surface area (Å²) < 4.78 is 0. The Morgan fingerprint density at radius 1 is 1.42 bits per heavy atom. The molecule has 1 aromatic rings. The number of aliphatic hydroxyl groups is 1. The topological polar surface area (TPSA) is 49.3 Å². The van der Waals surface area contributed by atoms with Gasteiger partial charge < -0.3 is 10.4 Å². The third kappa shape index (κ3) is 3.98. The SMILES string of the molecule is CC[C@@H](CO)NC(=O)CSc1ccc2c(c1)CCC2. The Labute approximate surface area is 118 Å². The number of hydrogen-bond donors (Lipinski definition) is 2. The van der Waals surface area contributed by atoms with Crippen LogP contribution in [0.25, 0.3) is 0 Å². The summed E-state index contributed by atoms with van der Waals surface area (Å²) in [5, 5.41) is 11.9. The predicted molar refractivity (Wildman–Crippen MR) is 78.5 cm³/mol. The Morgan fingerprint density at radius 3 is 2.95 bits per heavy atom. The van der Waals surface area contributed by atoms with Crippen LogP contribution in [0, 0.1) is 0 Å². The molecule has 0 aromatic heterocycles. The van der Waals surface area contributed by atoms with E-state index in [9.17, 15) is 4.79 Å². The molecule has 1 amide bonds. The smallest absolute Gasteiger partial charge is 0.230 e. The van der Waals surface area contributed by atoms with Gasteiger partial charge in [-0.3, -0.25) is 4.79 Å². The maximum atomic E-state index is 11.7. The molecule has 2 rings (SSSR count). The highest BCUT2D eigenvalue weighted by Crippen LogP contribution is 2.27. The van der Waals surface area contributed by atoms with Gasteiger partial charge in [0.15, 0.2) is 0 Å². The number of fused-ring (bicyclic) bond motifs is 1. The number of aryl methyl sites for hydroxylation is 2. The van der Waals surface area contributed by atoms with E-state index in [1.54, 1.807) is 11.8 Å². The minimum absolute atomic E-state index is 0.00571. The molecular weight excluding hydrogens is 258 g/mol. The molecule has 19 heavy (non-hydrogen) atoms. The standard InChI is InChI=1S/C15H21NO2S/c1-2-13(9-17)16-15(18)10-19-14-7-6-11-4-3-5-12(11)8-14/h6-8,13,17H,2-5,9-10H2,1H3,(H,16,18)/t13-/m0/s1. The van der Waals surface area contributed by atoms with E-state index >= 15 is 0 Å². The maximum Gasteiger partial charge on any atom is 0.230 e.